The number of rotatable bonds is 1. The normalized spacial score (nSPS) is 24.5. The van der Waals surface area contributed by atoms with E-state index in [9.17, 15) is 9.59 Å². The zero-order chi connectivity index (χ0) is 15.3. The van der Waals surface area contributed by atoms with Crippen molar-refractivity contribution in [3.8, 4) is 0 Å². The minimum atomic E-state index is -0.556. The van der Waals surface area contributed by atoms with Gasteiger partial charge in [0, 0.05) is 25.6 Å². The van der Waals surface area contributed by atoms with Gasteiger partial charge >= 0.3 is 6.09 Å². The van der Waals surface area contributed by atoms with Crippen LogP contribution in [-0.2, 0) is 4.74 Å². The van der Waals surface area contributed by atoms with Crippen LogP contribution in [0.2, 0.25) is 0 Å². The number of aromatic amines is 1. The number of carbonyl (C=O) groups excluding carboxylic acids is 2. The number of H-pyrrole nitrogens is 1. The summed E-state index contributed by atoms with van der Waals surface area (Å²) in [5, 5.41) is 10.5. The van der Waals surface area contributed by atoms with Gasteiger partial charge < -0.3 is 14.5 Å². The third kappa shape index (κ3) is 1.91. The SMILES string of the molecule is CN1C[C@@]2(CCN(C(=O)c3ccc4n[nH]nc4c3)C2)OC1=O. The highest BCUT2D eigenvalue weighted by molar-refractivity contribution is 5.97. The Bertz CT molecular complexity index is 773. The van der Waals surface area contributed by atoms with Crippen LogP contribution >= 0.6 is 0 Å². The molecule has 8 nitrogen and oxygen atoms in total. The van der Waals surface area contributed by atoms with Crippen molar-refractivity contribution >= 4 is 23.0 Å². The summed E-state index contributed by atoms with van der Waals surface area (Å²) in [7, 11) is 1.71. The number of fused-ring (bicyclic) bond motifs is 1. The zero-order valence-electron chi connectivity index (χ0n) is 12.1. The van der Waals surface area contributed by atoms with Gasteiger partial charge in [-0.15, -0.1) is 0 Å². The van der Waals surface area contributed by atoms with E-state index in [1.54, 1.807) is 35.0 Å². The molecule has 8 heteroatoms. The number of likely N-dealkylation sites (N-methyl/N-ethyl adjacent to an activating group) is 1. The number of likely N-dealkylation sites (tertiary alicyclic amines) is 1. The van der Waals surface area contributed by atoms with E-state index in [0.29, 0.717) is 37.1 Å². The molecule has 1 atom stereocenters. The van der Waals surface area contributed by atoms with E-state index in [0.717, 1.165) is 5.52 Å². The summed E-state index contributed by atoms with van der Waals surface area (Å²) in [6.07, 6.45) is 0.347. The molecule has 114 valence electrons. The van der Waals surface area contributed by atoms with Gasteiger partial charge in [-0.25, -0.2) is 4.79 Å². The number of nitrogens with zero attached hydrogens (tertiary/aromatic N) is 4. The fourth-order valence-electron chi connectivity index (χ4n) is 3.18. The second kappa shape index (κ2) is 4.43. The van der Waals surface area contributed by atoms with E-state index in [4.69, 9.17) is 4.74 Å². The Hall–Kier alpha value is -2.64. The minimum absolute atomic E-state index is 0.0765. The molecular formula is C14H15N5O3. The molecule has 3 heterocycles. The van der Waals surface area contributed by atoms with Gasteiger partial charge in [0.25, 0.3) is 5.91 Å². The van der Waals surface area contributed by atoms with Gasteiger partial charge in [-0.3, -0.25) is 4.79 Å². The smallest absolute Gasteiger partial charge is 0.410 e. The fourth-order valence-corrected chi connectivity index (χ4v) is 3.18. The Morgan fingerprint density at radius 1 is 1.32 bits per heavy atom. The molecule has 2 aromatic rings. The molecular weight excluding hydrogens is 286 g/mol. The first-order chi connectivity index (χ1) is 10.6. The lowest BCUT2D eigenvalue weighted by atomic mass is 10.0. The van der Waals surface area contributed by atoms with Gasteiger partial charge in [0.05, 0.1) is 13.1 Å². The summed E-state index contributed by atoms with van der Waals surface area (Å²) < 4.78 is 5.46. The summed E-state index contributed by atoms with van der Waals surface area (Å²) in [6.45, 7) is 1.54. The number of nitrogens with one attached hydrogen (secondary N) is 1. The maximum atomic E-state index is 12.6. The lowest BCUT2D eigenvalue weighted by Gasteiger charge is -2.21. The van der Waals surface area contributed by atoms with E-state index >= 15 is 0 Å². The van der Waals surface area contributed by atoms with Crippen LogP contribution in [-0.4, -0.2) is 69.5 Å². The van der Waals surface area contributed by atoms with Crippen LogP contribution in [0.25, 0.3) is 11.0 Å². The number of benzene rings is 1. The van der Waals surface area contributed by atoms with Crippen LogP contribution in [0.5, 0.6) is 0 Å². The van der Waals surface area contributed by atoms with E-state index < -0.39 is 5.60 Å². The van der Waals surface area contributed by atoms with Gasteiger partial charge in [-0.05, 0) is 18.2 Å². The van der Waals surface area contributed by atoms with Gasteiger partial charge in [-0.2, -0.15) is 15.4 Å². The van der Waals surface area contributed by atoms with Crippen LogP contribution in [0.15, 0.2) is 18.2 Å². The molecule has 2 fully saturated rings. The molecule has 4 rings (SSSR count). The first kappa shape index (κ1) is 13.1. The predicted octanol–water partition coefficient (Wildman–Crippen LogP) is 0.625. The maximum Gasteiger partial charge on any atom is 0.410 e. The third-order valence-electron chi connectivity index (χ3n) is 4.31. The molecule has 0 saturated carbocycles. The number of amides is 2. The molecule has 2 amide bonds. The van der Waals surface area contributed by atoms with Crippen molar-refractivity contribution in [2.45, 2.75) is 12.0 Å². The average molecular weight is 301 g/mol. The van der Waals surface area contributed by atoms with Gasteiger partial charge in [0.2, 0.25) is 0 Å². The zero-order valence-corrected chi connectivity index (χ0v) is 12.1. The van der Waals surface area contributed by atoms with E-state index in [2.05, 4.69) is 15.4 Å². The Morgan fingerprint density at radius 3 is 2.91 bits per heavy atom. The van der Waals surface area contributed by atoms with Gasteiger partial charge in [0.15, 0.2) is 5.60 Å². The quantitative estimate of drug-likeness (QED) is 0.834. The number of hydrogen-bond donors (Lipinski definition) is 1. The second-order valence-corrected chi connectivity index (χ2v) is 5.91. The summed E-state index contributed by atoms with van der Waals surface area (Å²) in [6, 6.07) is 5.23. The lowest BCUT2D eigenvalue weighted by Crippen LogP contribution is -2.39. The third-order valence-corrected chi connectivity index (χ3v) is 4.31. The first-order valence-electron chi connectivity index (χ1n) is 7.10. The van der Waals surface area contributed by atoms with E-state index in [-0.39, 0.29) is 12.0 Å². The van der Waals surface area contributed by atoms with Gasteiger partial charge in [0.1, 0.15) is 11.0 Å². The Labute approximate surface area is 126 Å². The van der Waals surface area contributed by atoms with Crippen LogP contribution in [0.1, 0.15) is 16.8 Å². The summed E-state index contributed by atoms with van der Waals surface area (Å²) in [5.41, 5.74) is 1.39. The van der Waals surface area contributed by atoms with Crippen LogP contribution < -0.4 is 0 Å². The van der Waals surface area contributed by atoms with Crippen molar-refractivity contribution in [3.05, 3.63) is 23.8 Å². The number of carbonyl (C=O) groups is 2. The summed E-state index contributed by atoms with van der Waals surface area (Å²) in [4.78, 5) is 27.5. The monoisotopic (exact) mass is 301 g/mol. The average Bonchev–Trinajstić information content (AvgIpc) is 3.18. The molecule has 0 unspecified atom stereocenters. The topological polar surface area (TPSA) is 91.4 Å². The summed E-state index contributed by atoms with van der Waals surface area (Å²) >= 11 is 0. The highest BCUT2D eigenvalue weighted by Crippen LogP contribution is 2.32. The molecule has 2 saturated heterocycles. The number of hydrogen-bond acceptors (Lipinski definition) is 5. The minimum Gasteiger partial charge on any atom is -0.439 e. The molecule has 0 bridgehead atoms. The molecule has 2 aliphatic heterocycles. The fraction of sp³-hybridized carbons (Fsp3) is 0.429. The molecule has 22 heavy (non-hydrogen) atoms. The van der Waals surface area contributed by atoms with Gasteiger partial charge in [-0.1, -0.05) is 0 Å². The number of ether oxygens (including phenoxy) is 1. The molecule has 1 N–H and O–H groups in total. The Morgan fingerprint density at radius 2 is 2.14 bits per heavy atom. The van der Waals surface area contributed by atoms with E-state index in [1.165, 1.54) is 0 Å². The largest absolute Gasteiger partial charge is 0.439 e. The second-order valence-electron chi connectivity index (χ2n) is 5.91. The molecule has 0 aliphatic carbocycles. The Balaban J connectivity index is 1.55. The van der Waals surface area contributed by atoms with Crippen molar-refractivity contribution < 1.29 is 14.3 Å². The van der Waals surface area contributed by atoms with E-state index in [1.807, 2.05) is 0 Å². The maximum absolute atomic E-state index is 12.6. The van der Waals surface area contributed by atoms with Crippen molar-refractivity contribution in [1.29, 1.82) is 0 Å². The van der Waals surface area contributed by atoms with Crippen LogP contribution in [0, 0.1) is 0 Å². The molecule has 2 aliphatic rings. The first-order valence-corrected chi connectivity index (χ1v) is 7.10. The lowest BCUT2D eigenvalue weighted by molar-refractivity contribution is 0.0553. The highest BCUT2D eigenvalue weighted by Gasteiger charge is 2.49. The highest BCUT2D eigenvalue weighted by atomic mass is 16.6. The molecule has 1 spiro atoms. The molecule has 1 aromatic heterocycles. The Kier molecular flexibility index (Phi) is 2.63. The summed E-state index contributed by atoms with van der Waals surface area (Å²) in [5.74, 6) is -0.0765. The van der Waals surface area contributed by atoms with Crippen molar-refractivity contribution in [2.24, 2.45) is 0 Å². The standard InChI is InChI=1S/C14H15N5O3/c1-18-7-14(22-13(18)21)4-5-19(8-14)12(20)9-2-3-10-11(6-9)16-17-15-10/h2-3,6H,4-5,7-8H2,1H3,(H,15,16,17)/t14-/m1/s1. The van der Waals surface area contributed by atoms with Crippen molar-refractivity contribution in [2.75, 3.05) is 26.7 Å². The van der Waals surface area contributed by atoms with Crippen molar-refractivity contribution in [3.63, 3.8) is 0 Å². The van der Waals surface area contributed by atoms with Crippen LogP contribution in [0.4, 0.5) is 4.79 Å². The predicted molar refractivity (Wildman–Crippen MR) is 76.3 cm³/mol. The number of aromatic nitrogens is 3. The molecule has 1 aromatic carbocycles. The van der Waals surface area contributed by atoms with Crippen LogP contribution in [0.3, 0.4) is 0 Å². The van der Waals surface area contributed by atoms with Crippen molar-refractivity contribution in [1.82, 2.24) is 25.2 Å². The molecule has 0 radical (unpaired) electrons.